The van der Waals surface area contributed by atoms with Crippen molar-refractivity contribution in [2.24, 2.45) is 0 Å². The molecule has 0 aliphatic carbocycles. The van der Waals surface area contributed by atoms with Crippen LogP contribution in [0, 0.1) is 0 Å². The molecular formula is C20H26N2O4S. The van der Waals surface area contributed by atoms with Crippen molar-refractivity contribution in [3.05, 3.63) is 54.1 Å². The number of hydrogen-bond donors (Lipinski definition) is 1. The summed E-state index contributed by atoms with van der Waals surface area (Å²) in [6.07, 6.45) is 0.0375. The molecule has 1 fully saturated rings. The van der Waals surface area contributed by atoms with Gasteiger partial charge in [-0.2, -0.15) is 4.31 Å². The summed E-state index contributed by atoms with van der Waals surface area (Å²) in [6.45, 7) is 5.41. The smallest absolute Gasteiger partial charge is 0.243 e. The minimum absolute atomic E-state index is 0.0375. The fourth-order valence-electron chi connectivity index (χ4n) is 3.28. The van der Waals surface area contributed by atoms with Crippen LogP contribution >= 0.6 is 0 Å². The zero-order chi connectivity index (χ0) is 19.4. The van der Waals surface area contributed by atoms with E-state index in [0.717, 1.165) is 5.56 Å². The van der Waals surface area contributed by atoms with Crippen molar-refractivity contribution < 1.29 is 17.9 Å². The van der Waals surface area contributed by atoms with E-state index < -0.39 is 10.0 Å². The highest BCUT2D eigenvalue weighted by atomic mass is 32.2. The lowest BCUT2D eigenvalue weighted by molar-refractivity contribution is 0.242. The van der Waals surface area contributed by atoms with E-state index in [9.17, 15) is 8.42 Å². The van der Waals surface area contributed by atoms with Crippen LogP contribution in [0.25, 0.3) is 0 Å². The normalized spacial score (nSPS) is 18.4. The van der Waals surface area contributed by atoms with Gasteiger partial charge in [0.15, 0.2) is 0 Å². The number of methoxy groups -OCH3 is 1. The largest absolute Gasteiger partial charge is 0.496 e. The van der Waals surface area contributed by atoms with Gasteiger partial charge >= 0.3 is 0 Å². The van der Waals surface area contributed by atoms with Crippen molar-refractivity contribution in [3.8, 4) is 11.5 Å². The summed E-state index contributed by atoms with van der Waals surface area (Å²) in [5.41, 5.74) is 0.857. The molecule has 1 saturated heterocycles. The van der Waals surface area contributed by atoms with Gasteiger partial charge < -0.3 is 14.8 Å². The van der Waals surface area contributed by atoms with E-state index in [1.807, 2.05) is 38.1 Å². The second-order valence-electron chi connectivity index (χ2n) is 6.72. The lowest BCUT2D eigenvalue weighted by Crippen LogP contribution is -2.48. The van der Waals surface area contributed by atoms with Gasteiger partial charge in [0.2, 0.25) is 10.0 Å². The summed E-state index contributed by atoms with van der Waals surface area (Å²) in [6, 6.07) is 13.8. The fraction of sp³-hybridized carbons (Fsp3) is 0.400. The number of hydrogen-bond acceptors (Lipinski definition) is 5. The lowest BCUT2D eigenvalue weighted by Gasteiger charge is -2.36. The van der Waals surface area contributed by atoms with E-state index in [2.05, 4.69) is 5.32 Å². The number of para-hydroxylation sites is 1. The molecule has 1 unspecified atom stereocenters. The number of rotatable bonds is 6. The van der Waals surface area contributed by atoms with Crippen LogP contribution in [0.3, 0.4) is 0 Å². The summed E-state index contributed by atoms with van der Waals surface area (Å²) < 4.78 is 39.3. The monoisotopic (exact) mass is 390 g/mol. The highest BCUT2D eigenvalue weighted by molar-refractivity contribution is 7.89. The molecule has 0 bridgehead atoms. The molecule has 1 aliphatic heterocycles. The van der Waals surface area contributed by atoms with Gasteiger partial charge in [-0.1, -0.05) is 18.2 Å². The molecule has 3 rings (SSSR count). The topological polar surface area (TPSA) is 67.9 Å². The van der Waals surface area contributed by atoms with Gasteiger partial charge in [0.05, 0.1) is 24.2 Å². The van der Waals surface area contributed by atoms with Crippen LogP contribution in [0.15, 0.2) is 53.4 Å². The molecule has 2 aromatic rings. The predicted molar refractivity (Wildman–Crippen MR) is 105 cm³/mol. The van der Waals surface area contributed by atoms with Gasteiger partial charge in [-0.25, -0.2) is 8.42 Å². The zero-order valence-corrected chi connectivity index (χ0v) is 16.7. The Hall–Kier alpha value is -2.09. The molecule has 0 amide bonds. The molecule has 0 radical (unpaired) electrons. The first-order valence-corrected chi connectivity index (χ1v) is 10.5. The molecule has 7 heteroatoms. The van der Waals surface area contributed by atoms with E-state index in [-0.39, 0.29) is 17.0 Å². The summed E-state index contributed by atoms with van der Waals surface area (Å²) in [7, 11) is -2.05. The Morgan fingerprint density at radius 1 is 1.11 bits per heavy atom. The summed E-state index contributed by atoms with van der Waals surface area (Å²) in [5.74, 6) is 1.35. The second kappa shape index (κ2) is 8.29. The third-order valence-corrected chi connectivity index (χ3v) is 6.42. The molecule has 2 aromatic carbocycles. The minimum atomic E-state index is -3.65. The van der Waals surface area contributed by atoms with Crippen molar-refractivity contribution in [1.82, 2.24) is 9.62 Å². The molecule has 6 nitrogen and oxygen atoms in total. The number of sulfonamides is 1. The number of benzene rings is 2. The number of piperazine rings is 1. The van der Waals surface area contributed by atoms with Gasteiger partial charge in [-0.3, -0.25) is 0 Å². The Kier molecular flexibility index (Phi) is 6.04. The molecular weight excluding hydrogens is 364 g/mol. The predicted octanol–water partition coefficient (Wildman–Crippen LogP) is 2.82. The third-order valence-electron chi connectivity index (χ3n) is 4.49. The highest BCUT2D eigenvalue weighted by Gasteiger charge is 2.35. The average Bonchev–Trinajstić information content (AvgIpc) is 2.68. The minimum Gasteiger partial charge on any atom is -0.496 e. The molecule has 27 heavy (non-hydrogen) atoms. The number of nitrogens with zero attached hydrogens (tertiary/aromatic N) is 1. The number of nitrogens with one attached hydrogen (secondary N) is 1. The van der Waals surface area contributed by atoms with E-state index in [0.29, 0.717) is 31.1 Å². The van der Waals surface area contributed by atoms with Crippen LogP contribution in [0.2, 0.25) is 0 Å². The van der Waals surface area contributed by atoms with Crippen molar-refractivity contribution in [1.29, 1.82) is 0 Å². The van der Waals surface area contributed by atoms with Crippen LogP contribution < -0.4 is 14.8 Å². The summed E-state index contributed by atoms with van der Waals surface area (Å²) >= 11 is 0. The number of ether oxygens (including phenoxy) is 2. The third kappa shape index (κ3) is 4.26. The maximum Gasteiger partial charge on any atom is 0.243 e. The molecule has 1 heterocycles. The van der Waals surface area contributed by atoms with Crippen LogP contribution in [0.1, 0.15) is 25.5 Å². The quantitative estimate of drug-likeness (QED) is 0.822. The zero-order valence-electron chi connectivity index (χ0n) is 15.9. The maximum absolute atomic E-state index is 13.3. The van der Waals surface area contributed by atoms with E-state index in [1.54, 1.807) is 35.7 Å². The summed E-state index contributed by atoms with van der Waals surface area (Å²) in [5, 5.41) is 3.29. The first kappa shape index (κ1) is 19.7. The first-order chi connectivity index (χ1) is 12.9. The van der Waals surface area contributed by atoms with E-state index in [4.69, 9.17) is 9.47 Å². The lowest BCUT2D eigenvalue weighted by atomic mass is 10.0. The Balaban J connectivity index is 1.93. The van der Waals surface area contributed by atoms with Crippen LogP contribution in [0.5, 0.6) is 11.5 Å². The first-order valence-electron chi connectivity index (χ1n) is 9.05. The molecule has 0 spiro atoms. The van der Waals surface area contributed by atoms with Crippen LogP contribution in [0.4, 0.5) is 0 Å². The molecule has 1 atom stereocenters. The second-order valence-corrected chi connectivity index (χ2v) is 8.61. The molecule has 1 N–H and O–H groups in total. The Labute approximate surface area is 161 Å². The molecule has 0 saturated carbocycles. The SMILES string of the molecule is COc1ccccc1C1CNCCN1S(=O)(=O)c1ccc(OC(C)C)cc1. The molecule has 0 aromatic heterocycles. The van der Waals surface area contributed by atoms with Gasteiger partial charge in [-0.15, -0.1) is 0 Å². The van der Waals surface area contributed by atoms with Gasteiger partial charge in [0.25, 0.3) is 0 Å². The highest BCUT2D eigenvalue weighted by Crippen LogP contribution is 2.34. The van der Waals surface area contributed by atoms with E-state index >= 15 is 0 Å². The van der Waals surface area contributed by atoms with Crippen LogP contribution in [-0.2, 0) is 10.0 Å². The van der Waals surface area contributed by atoms with Gasteiger partial charge in [0.1, 0.15) is 11.5 Å². The Morgan fingerprint density at radius 3 is 2.48 bits per heavy atom. The molecule has 1 aliphatic rings. The van der Waals surface area contributed by atoms with Gasteiger partial charge in [0, 0.05) is 25.2 Å². The Bertz CT molecular complexity index is 866. The van der Waals surface area contributed by atoms with Crippen molar-refractivity contribution >= 4 is 10.0 Å². The van der Waals surface area contributed by atoms with E-state index in [1.165, 1.54) is 0 Å². The average molecular weight is 391 g/mol. The van der Waals surface area contributed by atoms with Gasteiger partial charge in [-0.05, 0) is 44.2 Å². The molecule has 146 valence electrons. The van der Waals surface area contributed by atoms with Crippen molar-refractivity contribution in [3.63, 3.8) is 0 Å². The van der Waals surface area contributed by atoms with Crippen LogP contribution in [-0.4, -0.2) is 45.6 Å². The fourth-order valence-corrected chi connectivity index (χ4v) is 4.88. The van der Waals surface area contributed by atoms with Crippen molar-refractivity contribution in [2.45, 2.75) is 30.9 Å². The summed E-state index contributed by atoms with van der Waals surface area (Å²) in [4.78, 5) is 0.264. The Morgan fingerprint density at radius 2 is 1.81 bits per heavy atom. The van der Waals surface area contributed by atoms with Crippen molar-refractivity contribution in [2.75, 3.05) is 26.7 Å². The standard InChI is InChI=1S/C20H26N2O4S/c1-15(2)26-16-8-10-17(11-9-16)27(23,24)22-13-12-21-14-19(22)18-6-4-5-7-20(18)25-3/h4-11,15,19,21H,12-14H2,1-3H3. The maximum atomic E-state index is 13.3.